The number of hydrogen-bond donors (Lipinski definition) is 1. The van der Waals surface area contributed by atoms with Crippen LogP contribution in [0, 0.1) is 11.7 Å². The van der Waals surface area contributed by atoms with Crippen LogP contribution in [-0.4, -0.2) is 30.4 Å². The SMILES string of the molecule is C=CCOc1cccc(C2C(C(=O)Nc3ccccc3F)C(=O)N2C)c1. The lowest BCUT2D eigenvalue weighted by molar-refractivity contribution is -0.158. The summed E-state index contributed by atoms with van der Waals surface area (Å²) in [5, 5.41) is 2.51. The highest BCUT2D eigenvalue weighted by atomic mass is 19.1. The molecule has 134 valence electrons. The largest absolute Gasteiger partial charge is 0.490 e. The van der Waals surface area contributed by atoms with Gasteiger partial charge >= 0.3 is 0 Å². The minimum Gasteiger partial charge on any atom is -0.490 e. The molecule has 2 unspecified atom stereocenters. The summed E-state index contributed by atoms with van der Waals surface area (Å²) in [4.78, 5) is 26.3. The van der Waals surface area contributed by atoms with Gasteiger partial charge in [-0.25, -0.2) is 4.39 Å². The summed E-state index contributed by atoms with van der Waals surface area (Å²) < 4.78 is 19.3. The molecule has 1 heterocycles. The summed E-state index contributed by atoms with van der Waals surface area (Å²) in [6, 6.07) is 12.6. The van der Waals surface area contributed by atoms with Crippen molar-refractivity contribution in [2.75, 3.05) is 19.0 Å². The maximum atomic E-state index is 13.8. The molecule has 1 saturated heterocycles. The number of nitrogens with zero attached hydrogens (tertiary/aromatic N) is 1. The van der Waals surface area contributed by atoms with Gasteiger partial charge in [0.2, 0.25) is 11.8 Å². The number of halogens is 1. The Balaban J connectivity index is 1.81. The number of β-lactam (4-membered cyclic amide) rings is 1. The fraction of sp³-hybridized carbons (Fsp3) is 0.200. The van der Waals surface area contributed by atoms with Gasteiger partial charge in [0.15, 0.2) is 0 Å². The highest BCUT2D eigenvalue weighted by molar-refractivity contribution is 6.10. The van der Waals surface area contributed by atoms with Crippen LogP contribution < -0.4 is 10.1 Å². The molecule has 5 nitrogen and oxygen atoms in total. The van der Waals surface area contributed by atoms with Gasteiger partial charge in [0, 0.05) is 7.05 Å². The summed E-state index contributed by atoms with van der Waals surface area (Å²) in [6.07, 6.45) is 1.64. The van der Waals surface area contributed by atoms with Crippen LogP contribution in [0.5, 0.6) is 5.75 Å². The smallest absolute Gasteiger partial charge is 0.239 e. The fourth-order valence-corrected chi connectivity index (χ4v) is 3.02. The first-order chi connectivity index (χ1) is 12.5. The first-order valence-electron chi connectivity index (χ1n) is 8.18. The normalized spacial score (nSPS) is 18.8. The highest BCUT2D eigenvalue weighted by Gasteiger charge is 2.50. The molecule has 1 fully saturated rings. The number of carbonyl (C=O) groups excluding carboxylic acids is 2. The van der Waals surface area contributed by atoms with Gasteiger partial charge in [-0.1, -0.05) is 36.9 Å². The van der Waals surface area contributed by atoms with Crippen molar-refractivity contribution in [1.82, 2.24) is 4.90 Å². The zero-order valence-corrected chi connectivity index (χ0v) is 14.3. The zero-order valence-electron chi connectivity index (χ0n) is 14.3. The molecule has 1 aliphatic rings. The van der Waals surface area contributed by atoms with Crippen LogP contribution in [0.25, 0.3) is 0 Å². The van der Waals surface area contributed by atoms with Gasteiger partial charge < -0.3 is 15.0 Å². The number of nitrogens with one attached hydrogen (secondary N) is 1. The van der Waals surface area contributed by atoms with E-state index in [9.17, 15) is 14.0 Å². The Bertz CT molecular complexity index is 852. The van der Waals surface area contributed by atoms with Crippen LogP contribution in [0.4, 0.5) is 10.1 Å². The Labute approximate surface area is 151 Å². The lowest BCUT2D eigenvalue weighted by Crippen LogP contribution is -2.57. The number of anilines is 1. The van der Waals surface area contributed by atoms with Gasteiger partial charge in [-0.05, 0) is 29.8 Å². The standard InChI is InChI=1S/C20H19FN2O3/c1-3-11-26-14-8-6-7-13(12-14)18-17(20(25)23(18)2)19(24)22-16-10-5-4-9-15(16)21/h3-10,12,17-18H,1,11H2,2H3,(H,22,24). The highest BCUT2D eigenvalue weighted by Crippen LogP contribution is 2.40. The summed E-state index contributed by atoms with van der Waals surface area (Å²) in [6.45, 7) is 3.96. The molecule has 2 amide bonds. The predicted octanol–water partition coefficient (Wildman–Crippen LogP) is 3.16. The van der Waals surface area contributed by atoms with Crippen molar-refractivity contribution in [2.24, 2.45) is 5.92 Å². The summed E-state index contributed by atoms with van der Waals surface area (Å²) >= 11 is 0. The van der Waals surface area contributed by atoms with E-state index in [-0.39, 0.29) is 11.6 Å². The summed E-state index contributed by atoms with van der Waals surface area (Å²) in [7, 11) is 1.64. The maximum absolute atomic E-state index is 13.8. The summed E-state index contributed by atoms with van der Waals surface area (Å²) in [5.74, 6) is -1.66. The van der Waals surface area contributed by atoms with E-state index in [1.54, 1.807) is 37.4 Å². The second-order valence-electron chi connectivity index (χ2n) is 6.01. The van der Waals surface area contributed by atoms with Crippen LogP contribution in [-0.2, 0) is 9.59 Å². The third-order valence-electron chi connectivity index (χ3n) is 4.33. The van der Waals surface area contributed by atoms with Crippen LogP contribution in [0.2, 0.25) is 0 Å². The number of rotatable bonds is 6. The monoisotopic (exact) mass is 354 g/mol. The van der Waals surface area contributed by atoms with E-state index in [1.165, 1.54) is 23.1 Å². The lowest BCUT2D eigenvalue weighted by atomic mass is 9.82. The van der Waals surface area contributed by atoms with Gasteiger partial charge in [-0.3, -0.25) is 9.59 Å². The molecule has 6 heteroatoms. The molecule has 0 aromatic heterocycles. The number of hydrogen-bond acceptors (Lipinski definition) is 3. The van der Waals surface area contributed by atoms with Gasteiger partial charge in [-0.2, -0.15) is 0 Å². The van der Waals surface area contributed by atoms with Crippen molar-refractivity contribution in [3.63, 3.8) is 0 Å². The van der Waals surface area contributed by atoms with E-state index in [1.807, 2.05) is 6.07 Å². The van der Waals surface area contributed by atoms with Gasteiger partial charge in [0.25, 0.3) is 0 Å². The van der Waals surface area contributed by atoms with E-state index in [4.69, 9.17) is 4.74 Å². The van der Waals surface area contributed by atoms with Crippen LogP contribution in [0.1, 0.15) is 11.6 Å². The minimum atomic E-state index is -0.908. The van der Waals surface area contributed by atoms with E-state index in [2.05, 4.69) is 11.9 Å². The predicted molar refractivity (Wildman–Crippen MR) is 96.2 cm³/mol. The molecule has 0 spiro atoms. The summed E-state index contributed by atoms with van der Waals surface area (Å²) in [5.41, 5.74) is 0.837. The fourth-order valence-electron chi connectivity index (χ4n) is 3.02. The van der Waals surface area contributed by atoms with Crippen LogP contribution in [0.3, 0.4) is 0 Å². The van der Waals surface area contributed by atoms with Crippen molar-refractivity contribution in [3.05, 3.63) is 72.6 Å². The van der Waals surface area contributed by atoms with Crippen molar-refractivity contribution < 1.29 is 18.7 Å². The Morgan fingerprint density at radius 3 is 2.81 bits per heavy atom. The molecule has 2 aromatic rings. The first-order valence-corrected chi connectivity index (χ1v) is 8.18. The van der Waals surface area contributed by atoms with Gasteiger partial charge in [-0.15, -0.1) is 0 Å². The molecule has 3 rings (SSSR count). The third kappa shape index (κ3) is 3.31. The zero-order chi connectivity index (χ0) is 18.7. The topological polar surface area (TPSA) is 58.6 Å². The Morgan fingerprint density at radius 2 is 2.08 bits per heavy atom. The number of ether oxygens (including phenoxy) is 1. The van der Waals surface area contributed by atoms with Crippen molar-refractivity contribution in [3.8, 4) is 5.75 Å². The molecule has 1 N–H and O–H groups in total. The van der Waals surface area contributed by atoms with E-state index < -0.39 is 23.7 Å². The maximum Gasteiger partial charge on any atom is 0.239 e. The van der Waals surface area contributed by atoms with E-state index in [0.29, 0.717) is 12.4 Å². The average Bonchev–Trinajstić information content (AvgIpc) is 2.65. The number of amides is 2. The second kappa shape index (κ2) is 7.39. The Hall–Kier alpha value is -3.15. The van der Waals surface area contributed by atoms with Gasteiger partial charge in [0.05, 0.1) is 11.7 Å². The first kappa shape index (κ1) is 17.7. The molecule has 1 aliphatic heterocycles. The number of carbonyl (C=O) groups is 2. The van der Waals surface area contributed by atoms with Gasteiger partial charge in [0.1, 0.15) is 24.1 Å². The molecule has 2 atom stereocenters. The number of benzene rings is 2. The quantitative estimate of drug-likeness (QED) is 0.492. The van der Waals surface area contributed by atoms with E-state index >= 15 is 0 Å². The molecule has 26 heavy (non-hydrogen) atoms. The van der Waals surface area contributed by atoms with Crippen molar-refractivity contribution >= 4 is 17.5 Å². The third-order valence-corrected chi connectivity index (χ3v) is 4.33. The minimum absolute atomic E-state index is 0.0571. The molecule has 0 aliphatic carbocycles. The molecule has 0 saturated carbocycles. The molecule has 0 bridgehead atoms. The molecular weight excluding hydrogens is 335 g/mol. The average molecular weight is 354 g/mol. The number of para-hydroxylation sites is 1. The molecule has 2 aromatic carbocycles. The van der Waals surface area contributed by atoms with Crippen molar-refractivity contribution in [1.29, 1.82) is 0 Å². The Kier molecular flexibility index (Phi) is 5.02. The second-order valence-corrected chi connectivity index (χ2v) is 6.01. The molecular formula is C20H19FN2O3. The Morgan fingerprint density at radius 1 is 1.31 bits per heavy atom. The number of likely N-dealkylation sites (tertiary alicyclic amines) is 1. The molecule has 0 radical (unpaired) electrons. The van der Waals surface area contributed by atoms with Crippen molar-refractivity contribution in [2.45, 2.75) is 6.04 Å². The van der Waals surface area contributed by atoms with E-state index in [0.717, 1.165) is 5.56 Å². The van der Waals surface area contributed by atoms with Crippen LogP contribution in [0.15, 0.2) is 61.2 Å². The van der Waals surface area contributed by atoms with Crippen LogP contribution >= 0.6 is 0 Å². The lowest BCUT2D eigenvalue weighted by Gasteiger charge is -2.44.